The number of aryl methyl sites for hydroxylation is 2. The third kappa shape index (κ3) is 4.83. The molecule has 1 saturated heterocycles. The largest absolute Gasteiger partial charge is 0.353 e. The van der Waals surface area contributed by atoms with Gasteiger partial charge in [0.2, 0.25) is 5.95 Å². The molecule has 3 heterocycles. The van der Waals surface area contributed by atoms with Crippen LogP contribution in [0.2, 0.25) is 0 Å². The number of amides is 2. The number of nitrogens with one attached hydrogen (secondary N) is 2. The Labute approximate surface area is 176 Å². The Morgan fingerprint density at radius 2 is 1.47 bits per heavy atom. The molecule has 154 valence electrons. The average Bonchev–Trinajstić information content (AvgIpc) is 2.74. The number of pyridine rings is 1. The lowest BCUT2D eigenvalue weighted by molar-refractivity contribution is 0.262. The number of hydrogen-bond acceptors (Lipinski definition) is 6. The summed E-state index contributed by atoms with van der Waals surface area (Å²) < 4.78 is 0. The van der Waals surface area contributed by atoms with Crippen LogP contribution in [0.3, 0.4) is 0 Å². The van der Waals surface area contributed by atoms with E-state index in [1.54, 1.807) is 12.4 Å². The Hall–Kier alpha value is -3.68. The Morgan fingerprint density at radius 1 is 0.833 bits per heavy atom. The van der Waals surface area contributed by atoms with E-state index in [4.69, 9.17) is 0 Å². The van der Waals surface area contributed by atoms with Gasteiger partial charge in [0, 0.05) is 38.1 Å². The average molecular weight is 403 g/mol. The second kappa shape index (κ2) is 8.77. The zero-order valence-corrected chi connectivity index (χ0v) is 17.2. The normalized spacial score (nSPS) is 13.8. The molecule has 0 atom stereocenters. The molecule has 1 aliphatic rings. The standard InChI is InChI=1S/C22H25N7O/c1-16-11-17(2)13-18(12-16)26-22(30)27-19-14-24-21(25-15-19)29-9-7-28(8-10-29)20-5-3-4-6-23-20/h3-6,11-15H,7-10H2,1-2H3,(H2,26,27,30). The monoisotopic (exact) mass is 403 g/mol. The van der Waals surface area contributed by atoms with E-state index in [1.165, 1.54) is 0 Å². The fourth-order valence-electron chi connectivity index (χ4n) is 3.57. The van der Waals surface area contributed by atoms with E-state index in [9.17, 15) is 4.79 Å². The third-order valence-corrected chi connectivity index (χ3v) is 4.91. The summed E-state index contributed by atoms with van der Waals surface area (Å²) in [6.07, 6.45) is 5.08. The molecule has 1 aliphatic heterocycles. The van der Waals surface area contributed by atoms with Crippen LogP contribution < -0.4 is 20.4 Å². The number of rotatable bonds is 4. The summed E-state index contributed by atoms with van der Waals surface area (Å²) in [5.41, 5.74) is 3.50. The van der Waals surface area contributed by atoms with Crippen LogP contribution in [0, 0.1) is 13.8 Å². The van der Waals surface area contributed by atoms with Gasteiger partial charge in [-0.1, -0.05) is 12.1 Å². The number of aromatic nitrogens is 3. The SMILES string of the molecule is Cc1cc(C)cc(NC(=O)Nc2cnc(N3CCN(c4ccccn4)CC3)nc2)c1. The van der Waals surface area contributed by atoms with Crippen molar-refractivity contribution in [3.63, 3.8) is 0 Å². The topological polar surface area (TPSA) is 86.3 Å². The summed E-state index contributed by atoms with van der Waals surface area (Å²) >= 11 is 0. The smallest absolute Gasteiger partial charge is 0.323 e. The van der Waals surface area contributed by atoms with Crippen molar-refractivity contribution in [2.45, 2.75) is 13.8 Å². The van der Waals surface area contributed by atoms with Crippen LogP contribution in [-0.4, -0.2) is 47.2 Å². The highest BCUT2D eigenvalue weighted by Crippen LogP contribution is 2.17. The number of carbonyl (C=O) groups is 1. The summed E-state index contributed by atoms with van der Waals surface area (Å²) in [5, 5.41) is 5.62. The molecular formula is C22H25N7O. The van der Waals surface area contributed by atoms with Crippen LogP contribution >= 0.6 is 0 Å². The zero-order chi connectivity index (χ0) is 20.9. The van der Waals surface area contributed by atoms with Gasteiger partial charge in [-0.3, -0.25) is 0 Å². The molecule has 0 saturated carbocycles. The van der Waals surface area contributed by atoms with E-state index in [0.29, 0.717) is 11.6 Å². The van der Waals surface area contributed by atoms with Crippen LogP contribution in [0.4, 0.5) is 27.9 Å². The van der Waals surface area contributed by atoms with Gasteiger partial charge in [-0.15, -0.1) is 0 Å². The van der Waals surface area contributed by atoms with Gasteiger partial charge in [0.15, 0.2) is 0 Å². The summed E-state index contributed by atoms with van der Waals surface area (Å²) in [7, 11) is 0. The lowest BCUT2D eigenvalue weighted by Crippen LogP contribution is -2.47. The fourth-order valence-corrected chi connectivity index (χ4v) is 3.57. The number of nitrogens with zero attached hydrogens (tertiary/aromatic N) is 5. The van der Waals surface area contributed by atoms with Crippen molar-refractivity contribution in [1.82, 2.24) is 15.0 Å². The summed E-state index contributed by atoms with van der Waals surface area (Å²) in [6.45, 7) is 7.35. The minimum atomic E-state index is -0.319. The van der Waals surface area contributed by atoms with Gasteiger partial charge in [0.1, 0.15) is 5.82 Å². The van der Waals surface area contributed by atoms with Crippen molar-refractivity contribution in [1.29, 1.82) is 0 Å². The van der Waals surface area contributed by atoms with E-state index >= 15 is 0 Å². The molecule has 0 bridgehead atoms. The molecule has 30 heavy (non-hydrogen) atoms. The first kappa shape index (κ1) is 19.6. The van der Waals surface area contributed by atoms with E-state index in [-0.39, 0.29) is 6.03 Å². The first-order valence-corrected chi connectivity index (χ1v) is 9.96. The highest BCUT2D eigenvalue weighted by atomic mass is 16.2. The first-order valence-electron chi connectivity index (χ1n) is 9.96. The maximum atomic E-state index is 12.3. The quantitative estimate of drug-likeness (QED) is 0.694. The molecular weight excluding hydrogens is 378 g/mol. The minimum Gasteiger partial charge on any atom is -0.353 e. The highest BCUT2D eigenvalue weighted by Gasteiger charge is 2.19. The molecule has 1 fully saturated rings. The van der Waals surface area contributed by atoms with Gasteiger partial charge >= 0.3 is 6.03 Å². The molecule has 2 aromatic heterocycles. The zero-order valence-electron chi connectivity index (χ0n) is 17.2. The van der Waals surface area contributed by atoms with Gasteiger partial charge in [0.25, 0.3) is 0 Å². The van der Waals surface area contributed by atoms with Crippen molar-refractivity contribution in [2.24, 2.45) is 0 Å². The molecule has 1 aromatic carbocycles. The van der Waals surface area contributed by atoms with Crippen molar-refractivity contribution >= 4 is 29.2 Å². The summed E-state index contributed by atoms with van der Waals surface area (Å²) in [5.74, 6) is 1.66. The Morgan fingerprint density at radius 3 is 2.10 bits per heavy atom. The van der Waals surface area contributed by atoms with Crippen molar-refractivity contribution in [3.8, 4) is 0 Å². The second-order valence-corrected chi connectivity index (χ2v) is 7.39. The predicted octanol–water partition coefficient (Wildman–Crippen LogP) is 3.46. The maximum absolute atomic E-state index is 12.3. The van der Waals surface area contributed by atoms with Crippen molar-refractivity contribution in [2.75, 3.05) is 46.6 Å². The van der Waals surface area contributed by atoms with Gasteiger partial charge in [-0.2, -0.15) is 0 Å². The number of anilines is 4. The van der Waals surface area contributed by atoms with Gasteiger partial charge in [-0.25, -0.2) is 19.7 Å². The fraction of sp³-hybridized carbons (Fsp3) is 0.273. The Balaban J connectivity index is 1.31. The molecule has 0 unspecified atom stereocenters. The molecule has 2 amide bonds. The van der Waals surface area contributed by atoms with Crippen LogP contribution in [0.25, 0.3) is 0 Å². The molecule has 3 aromatic rings. The molecule has 8 heteroatoms. The number of hydrogen-bond donors (Lipinski definition) is 2. The molecule has 2 N–H and O–H groups in total. The summed E-state index contributed by atoms with van der Waals surface area (Å²) in [4.78, 5) is 29.9. The Kier molecular flexibility index (Phi) is 5.74. The van der Waals surface area contributed by atoms with Crippen LogP contribution in [-0.2, 0) is 0 Å². The lowest BCUT2D eigenvalue weighted by atomic mass is 10.1. The van der Waals surface area contributed by atoms with Crippen molar-refractivity contribution < 1.29 is 4.79 Å². The first-order chi connectivity index (χ1) is 14.6. The van der Waals surface area contributed by atoms with Gasteiger partial charge in [0.05, 0.1) is 18.1 Å². The highest BCUT2D eigenvalue weighted by molar-refractivity contribution is 5.99. The van der Waals surface area contributed by atoms with E-state index in [2.05, 4.69) is 41.5 Å². The van der Waals surface area contributed by atoms with E-state index in [1.807, 2.05) is 50.4 Å². The van der Waals surface area contributed by atoms with Crippen LogP contribution in [0.1, 0.15) is 11.1 Å². The predicted molar refractivity (Wildman–Crippen MR) is 119 cm³/mol. The van der Waals surface area contributed by atoms with Crippen LogP contribution in [0.15, 0.2) is 55.0 Å². The van der Waals surface area contributed by atoms with E-state index < -0.39 is 0 Å². The maximum Gasteiger partial charge on any atom is 0.323 e. The number of urea groups is 1. The second-order valence-electron chi connectivity index (χ2n) is 7.39. The number of benzene rings is 1. The molecule has 4 rings (SSSR count). The minimum absolute atomic E-state index is 0.319. The Bertz CT molecular complexity index is 980. The molecule has 0 aliphatic carbocycles. The molecule has 8 nitrogen and oxygen atoms in total. The van der Waals surface area contributed by atoms with Gasteiger partial charge < -0.3 is 20.4 Å². The van der Waals surface area contributed by atoms with E-state index in [0.717, 1.165) is 48.8 Å². The lowest BCUT2D eigenvalue weighted by Gasteiger charge is -2.35. The van der Waals surface area contributed by atoms with Crippen LogP contribution in [0.5, 0.6) is 0 Å². The number of piperazine rings is 1. The van der Waals surface area contributed by atoms with Crippen molar-refractivity contribution in [3.05, 3.63) is 66.1 Å². The molecule has 0 spiro atoms. The van der Waals surface area contributed by atoms with Gasteiger partial charge in [-0.05, 0) is 49.2 Å². The molecule has 0 radical (unpaired) electrons. The third-order valence-electron chi connectivity index (χ3n) is 4.91. The summed E-state index contributed by atoms with van der Waals surface area (Å²) in [6, 6.07) is 11.5. The number of carbonyl (C=O) groups excluding carboxylic acids is 1.